The lowest BCUT2D eigenvalue weighted by atomic mass is 9.64. The molecular formula is C27H42O3. The summed E-state index contributed by atoms with van der Waals surface area (Å²) in [5.74, 6) is 3.38. The highest BCUT2D eigenvalue weighted by Crippen LogP contribution is 2.47. The number of benzene rings is 1. The maximum Gasteiger partial charge on any atom is 0.311 e. The van der Waals surface area contributed by atoms with Crippen molar-refractivity contribution in [3.63, 3.8) is 0 Å². The van der Waals surface area contributed by atoms with Gasteiger partial charge in [-0.1, -0.05) is 32.4 Å². The summed E-state index contributed by atoms with van der Waals surface area (Å²) in [6.45, 7) is 7.74. The standard InChI is InChI=1S/C27H42O3/c1-4-6-20-29-25-13-11-23(12-14-25)21-7-9-22(10-8-21)24-15-17-27(3,18-16-24)26(28)30-19-5-2/h11-14,21-22,24H,4-10,15-20H2,1-3H3. The Bertz CT molecular complexity index is 635. The fourth-order valence-corrected chi connectivity index (χ4v) is 5.42. The van der Waals surface area contributed by atoms with Gasteiger partial charge < -0.3 is 9.47 Å². The van der Waals surface area contributed by atoms with Crippen molar-refractivity contribution in [2.24, 2.45) is 17.3 Å². The van der Waals surface area contributed by atoms with Crippen LogP contribution in [0.5, 0.6) is 5.75 Å². The molecule has 1 aromatic carbocycles. The van der Waals surface area contributed by atoms with Crippen molar-refractivity contribution in [3.05, 3.63) is 29.8 Å². The molecule has 0 amide bonds. The lowest BCUT2D eigenvalue weighted by Gasteiger charge is -2.41. The van der Waals surface area contributed by atoms with E-state index in [1.54, 1.807) is 0 Å². The second kappa shape index (κ2) is 11.2. The van der Waals surface area contributed by atoms with Crippen LogP contribution in [0.4, 0.5) is 0 Å². The summed E-state index contributed by atoms with van der Waals surface area (Å²) in [7, 11) is 0. The molecule has 0 heterocycles. The number of hydrogen-bond acceptors (Lipinski definition) is 3. The van der Waals surface area contributed by atoms with Crippen LogP contribution in [-0.2, 0) is 9.53 Å². The number of ether oxygens (including phenoxy) is 2. The van der Waals surface area contributed by atoms with E-state index < -0.39 is 0 Å². The summed E-state index contributed by atoms with van der Waals surface area (Å²) < 4.78 is 11.3. The van der Waals surface area contributed by atoms with E-state index in [9.17, 15) is 4.79 Å². The number of rotatable bonds is 9. The zero-order valence-corrected chi connectivity index (χ0v) is 19.5. The van der Waals surface area contributed by atoms with Gasteiger partial charge in [-0.25, -0.2) is 0 Å². The van der Waals surface area contributed by atoms with Crippen molar-refractivity contribution in [1.29, 1.82) is 0 Å². The zero-order valence-electron chi connectivity index (χ0n) is 19.5. The first-order valence-electron chi connectivity index (χ1n) is 12.5. The largest absolute Gasteiger partial charge is 0.494 e. The number of unbranched alkanes of at least 4 members (excludes halogenated alkanes) is 1. The third-order valence-electron chi connectivity index (χ3n) is 7.62. The van der Waals surface area contributed by atoms with Gasteiger partial charge in [0, 0.05) is 0 Å². The first-order valence-corrected chi connectivity index (χ1v) is 12.5. The van der Waals surface area contributed by atoms with Gasteiger partial charge in [0.15, 0.2) is 0 Å². The minimum Gasteiger partial charge on any atom is -0.494 e. The first-order chi connectivity index (χ1) is 14.6. The minimum atomic E-state index is -0.246. The number of carbonyl (C=O) groups excluding carboxylic acids is 1. The molecule has 0 N–H and O–H groups in total. The van der Waals surface area contributed by atoms with E-state index in [-0.39, 0.29) is 11.4 Å². The van der Waals surface area contributed by atoms with Crippen LogP contribution in [-0.4, -0.2) is 19.2 Å². The Morgan fingerprint density at radius 3 is 2.13 bits per heavy atom. The molecule has 3 heteroatoms. The van der Waals surface area contributed by atoms with E-state index in [0.29, 0.717) is 12.5 Å². The number of carbonyl (C=O) groups is 1. The van der Waals surface area contributed by atoms with E-state index in [2.05, 4.69) is 45.0 Å². The third kappa shape index (κ3) is 6.02. The molecule has 0 spiro atoms. The molecule has 168 valence electrons. The van der Waals surface area contributed by atoms with Crippen LogP contribution >= 0.6 is 0 Å². The topological polar surface area (TPSA) is 35.5 Å². The summed E-state index contributed by atoms with van der Waals surface area (Å²) in [6, 6.07) is 8.85. The van der Waals surface area contributed by atoms with Gasteiger partial charge in [0.05, 0.1) is 18.6 Å². The highest BCUT2D eigenvalue weighted by Gasteiger charge is 2.41. The van der Waals surface area contributed by atoms with E-state index in [1.165, 1.54) is 50.5 Å². The molecular weight excluding hydrogens is 372 g/mol. The molecule has 0 unspecified atom stereocenters. The summed E-state index contributed by atoms with van der Waals surface area (Å²) >= 11 is 0. The van der Waals surface area contributed by atoms with Gasteiger partial charge in [0.2, 0.25) is 0 Å². The van der Waals surface area contributed by atoms with Crippen LogP contribution in [0, 0.1) is 17.3 Å². The summed E-state index contributed by atoms with van der Waals surface area (Å²) in [6.07, 6.45) is 12.8. The Morgan fingerprint density at radius 1 is 0.900 bits per heavy atom. The molecule has 0 aliphatic heterocycles. The molecule has 0 saturated heterocycles. The highest BCUT2D eigenvalue weighted by molar-refractivity contribution is 5.76. The second-order valence-electron chi connectivity index (χ2n) is 9.92. The van der Waals surface area contributed by atoms with Crippen molar-refractivity contribution in [2.75, 3.05) is 13.2 Å². The molecule has 0 bridgehead atoms. The fourth-order valence-electron chi connectivity index (χ4n) is 5.42. The van der Waals surface area contributed by atoms with Gasteiger partial charge >= 0.3 is 5.97 Å². The maximum atomic E-state index is 12.4. The molecule has 3 nitrogen and oxygen atoms in total. The Labute approximate surface area is 183 Å². The van der Waals surface area contributed by atoms with Crippen molar-refractivity contribution in [3.8, 4) is 5.75 Å². The highest BCUT2D eigenvalue weighted by atomic mass is 16.5. The predicted molar refractivity (Wildman–Crippen MR) is 123 cm³/mol. The van der Waals surface area contributed by atoms with Gasteiger partial charge in [-0.05, 0) is 107 Å². The van der Waals surface area contributed by atoms with Gasteiger partial charge in [0.25, 0.3) is 0 Å². The SMILES string of the molecule is CCCCOc1ccc(C2CCC(C3CCC(C)(C(=O)OCCC)CC3)CC2)cc1. The van der Waals surface area contributed by atoms with E-state index in [4.69, 9.17) is 9.47 Å². The molecule has 3 rings (SSSR count). The van der Waals surface area contributed by atoms with Crippen LogP contribution in [0.2, 0.25) is 0 Å². The van der Waals surface area contributed by atoms with Gasteiger partial charge in [0.1, 0.15) is 5.75 Å². The fraction of sp³-hybridized carbons (Fsp3) is 0.741. The van der Waals surface area contributed by atoms with E-state index in [1.807, 2.05) is 0 Å². The smallest absolute Gasteiger partial charge is 0.311 e. The van der Waals surface area contributed by atoms with Crippen molar-refractivity contribution in [1.82, 2.24) is 0 Å². The van der Waals surface area contributed by atoms with Gasteiger partial charge in [-0.15, -0.1) is 0 Å². The lowest BCUT2D eigenvalue weighted by molar-refractivity contribution is -0.157. The van der Waals surface area contributed by atoms with Crippen LogP contribution in [0.25, 0.3) is 0 Å². The van der Waals surface area contributed by atoms with Crippen LogP contribution in [0.15, 0.2) is 24.3 Å². The zero-order chi connectivity index (χ0) is 21.4. The molecule has 30 heavy (non-hydrogen) atoms. The Balaban J connectivity index is 1.43. The molecule has 1 aromatic rings. The van der Waals surface area contributed by atoms with Crippen molar-refractivity contribution in [2.45, 2.75) is 97.3 Å². The Hall–Kier alpha value is -1.51. The lowest BCUT2D eigenvalue weighted by Crippen LogP contribution is -2.36. The monoisotopic (exact) mass is 414 g/mol. The van der Waals surface area contributed by atoms with Crippen LogP contribution in [0.1, 0.15) is 103 Å². The van der Waals surface area contributed by atoms with Gasteiger partial charge in [-0.3, -0.25) is 4.79 Å². The van der Waals surface area contributed by atoms with E-state index in [0.717, 1.165) is 49.9 Å². The predicted octanol–water partition coefficient (Wildman–Crippen LogP) is 7.29. The minimum absolute atomic E-state index is 0.0358. The normalized spacial score (nSPS) is 29.4. The summed E-state index contributed by atoms with van der Waals surface area (Å²) in [4.78, 5) is 12.4. The quantitative estimate of drug-likeness (QED) is 0.314. The van der Waals surface area contributed by atoms with Crippen LogP contribution in [0.3, 0.4) is 0 Å². The number of esters is 1. The average Bonchev–Trinajstić information content (AvgIpc) is 2.79. The molecule has 2 aliphatic rings. The molecule has 0 atom stereocenters. The Morgan fingerprint density at radius 2 is 1.53 bits per heavy atom. The summed E-state index contributed by atoms with van der Waals surface area (Å²) in [5.41, 5.74) is 1.23. The average molecular weight is 415 g/mol. The van der Waals surface area contributed by atoms with Crippen LogP contribution < -0.4 is 4.74 Å². The molecule has 0 radical (unpaired) electrons. The summed E-state index contributed by atoms with van der Waals surface area (Å²) in [5, 5.41) is 0. The third-order valence-corrected chi connectivity index (χ3v) is 7.62. The maximum absolute atomic E-state index is 12.4. The van der Waals surface area contributed by atoms with Gasteiger partial charge in [-0.2, -0.15) is 0 Å². The van der Waals surface area contributed by atoms with E-state index >= 15 is 0 Å². The molecule has 2 aliphatic carbocycles. The molecule has 2 saturated carbocycles. The number of hydrogen-bond donors (Lipinski definition) is 0. The Kier molecular flexibility index (Phi) is 8.65. The second-order valence-corrected chi connectivity index (χ2v) is 9.92. The first kappa shape index (κ1) is 23.2. The van der Waals surface area contributed by atoms with Crippen molar-refractivity contribution < 1.29 is 14.3 Å². The van der Waals surface area contributed by atoms with Crippen molar-refractivity contribution >= 4 is 5.97 Å². The molecule has 2 fully saturated rings. The molecule has 0 aromatic heterocycles.